The Morgan fingerprint density at radius 2 is 1.97 bits per heavy atom. The molecule has 200 valence electrons. The van der Waals surface area contributed by atoms with Crippen molar-refractivity contribution in [2.75, 3.05) is 13.7 Å². The zero-order valence-electron chi connectivity index (χ0n) is 21.8. The van der Waals surface area contributed by atoms with E-state index in [1.807, 2.05) is 55.5 Å². The van der Waals surface area contributed by atoms with E-state index in [0.29, 0.717) is 54.9 Å². The van der Waals surface area contributed by atoms with Crippen LogP contribution in [0.25, 0.3) is 17.4 Å². The lowest BCUT2D eigenvalue weighted by molar-refractivity contribution is -0.139. The lowest BCUT2D eigenvalue weighted by atomic mass is 9.93. The van der Waals surface area contributed by atoms with Crippen LogP contribution in [0.4, 0.5) is 0 Å². The van der Waals surface area contributed by atoms with Gasteiger partial charge in [0.05, 0.1) is 29.5 Å². The van der Waals surface area contributed by atoms with E-state index in [9.17, 15) is 9.59 Å². The van der Waals surface area contributed by atoms with E-state index in [2.05, 4.69) is 0 Å². The van der Waals surface area contributed by atoms with Gasteiger partial charge >= 0.3 is 5.97 Å². The van der Waals surface area contributed by atoms with Crippen molar-refractivity contribution in [3.8, 4) is 17.1 Å². The van der Waals surface area contributed by atoms with Gasteiger partial charge in [-0.2, -0.15) is 0 Å². The molecular formula is C30H27ClN2O5S. The number of halogens is 1. The highest BCUT2D eigenvalue weighted by atomic mass is 35.5. The normalized spacial score (nSPS) is 15.2. The zero-order chi connectivity index (χ0) is 27.5. The molecule has 0 saturated heterocycles. The number of para-hydroxylation sites is 1. The van der Waals surface area contributed by atoms with Crippen molar-refractivity contribution >= 4 is 35.0 Å². The molecule has 1 aliphatic heterocycles. The number of fused-ring (bicyclic) bond motifs is 1. The molecule has 0 saturated carbocycles. The van der Waals surface area contributed by atoms with Gasteiger partial charge in [-0.1, -0.05) is 66.6 Å². The minimum Gasteiger partial charge on any atom is -0.496 e. The van der Waals surface area contributed by atoms with Gasteiger partial charge < -0.3 is 13.9 Å². The third-order valence-corrected chi connectivity index (χ3v) is 7.55. The number of allylic oxidation sites excluding steroid dienone is 1. The number of nitrogens with zero attached hydrogens (tertiary/aromatic N) is 2. The molecular weight excluding hydrogens is 536 g/mol. The van der Waals surface area contributed by atoms with Crippen molar-refractivity contribution in [2.45, 2.75) is 32.7 Å². The summed E-state index contributed by atoms with van der Waals surface area (Å²) >= 11 is 7.39. The summed E-state index contributed by atoms with van der Waals surface area (Å²) in [5.41, 5.74) is 2.19. The fourth-order valence-electron chi connectivity index (χ4n) is 4.66. The average molecular weight is 563 g/mol. The fraction of sp³-hybridized carbons (Fsp3) is 0.233. The second-order valence-electron chi connectivity index (χ2n) is 8.87. The van der Waals surface area contributed by atoms with Crippen molar-refractivity contribution in [1.82, 2.24) is 4.57 Å². The Balaban J connectivity index is 1.70. The maximum absolute atomic E-state index is 13.9. The fourth-order valence-corrected chi connectivity index (χ4v) is 5.85. The molecule has 0 N–H and O–H groups in total. The zero-order valence-corrected chi connectivity index (χ0v) is 23.3. The summed E-state index contributed by atoms with van der Waals surface area (Å²) in [6, 6.07) is 17.6. The van der Waals surface area contributed by atoms with E-state index in [1.165, 1.54) is 11.3 Å². The van der Waals surface area contributed by atoms with Crippen molar-refractivity contribution in [2.24, 2.45) is 4.99 Å². The van der Waals surface area contributed by atoms with Gasteiger partial charge in [0.2, 0.25) is 0 Å². The third-order valence-electron chi connectivity index (χ3n) is 6.33. The molecule has 1 aliphatic rings. The summed E-state index contributed by atoms with van der Waals surface area (Å²) in [6.07, 6.45) is 3.03. The summed E-state index contributed by atoms with van der Waals surface area (Å²) in [6.45, 7) is 3.98. The number of rotatable bonds is 8. The van der Waals surface area contributed by atoms with Gasteiger partial charge in [-0.15, -0.1) is 0 Å². The maximum Gasteiger partial charge on any atom is 0.338 e. The summed E-state index contributed by atoms with van der Waals surface area (Å²) < 4.78 is 19.1. The Kier molecular flexibility index (Phi) is 7.86. The second-order valence-corrected chi connectivity index (χ2v) is 10.3. The molecule has 3 heterocycles. The summed E-state index contributed by atoms with van der Waals surface area (Å²) in [5.74, 6) is 1.22. The van der Waals surface area contributed by atoms with Crippen LogP contribution >= 0.6 is 22.9 Å². The van der Waals surface area contributed by atoms with Gasteiger partial charge in [-0.3, -0.25) is 9.36 Å². The first-order valence-electron chi connectivity index (χ1n) is 12.7. The molecule has 0 radical (unpaired) electrons. The minimum atomic E-state index is -0.751. The van der Waals surface area contributed by atoms with Gasteiger partial charge in [-0.05, 0) is 43.7 Å². The summed E-state index contributed by atoms with van der Waals surface area (Å²) in [4.78, 5) is 32.5. The summed E-state index contributed by atoms with van der Waals surface area (Å²) in [5, 5.41) is 0.607. The topological polar surface area (TPSA) is 83.0 Å². The smallest absolute Gasteiger partial charge is 0.338 e. The highest BCUT2D eigenvalue weighted by molar-refractivity contribution is 7.07. The minimum absolute atomic E-state index is 0.207. The number of benzene rings is 2. The molecule has 0 bridgehead atoms. The molecule has 0 spiro atoms. The van der Waals surface area contributed by atoms with Crippen LogP contribution in [-0.2, 0) is 9.53 Å². The standard InChI is InChI=1S/C30H27ClN2O5S/c1-4-9-22-26(29(35)37-5-2)27(21-12-6-7-13-24(21)36-3)33-28(34)25(39-30(33)32-22)17-20-14-15-23(38-20)18-10-8-11-19(31)16-18/h6-8,10-17,27H,4-5,9H2,1-3H3/b25-17-. The van der Waals surface area contributed by atoms with E-state index in [1.54, 1.807) is 36.8 Å². The Bertz CT molecular complexity index is 1750. The predicted octanol–water partition coefficient (Wildman–Crippen LogP) is 5.50. The van der Waals surface area contributed by atoms with Crippen molar-refractivity contribution in [1.29, 1.82) is 0 Å². The molecule has 1 unspecified atom stereocenters. The van der Waals surface area contributed by atoms with Crippen LogP contribution in [0, 0.1) is 0 Å². The molecule has 4 aromatic rings. The maximum atomic E-state index is 13.9. The second kappa shape index (κ2) is 11.5. The lowest BCUT2D eigenvalue weighted by Gasteiger charge is -2.26. The van der Waals surface area contributed by atoms with Crippen LogP contribution in [0.3, 0.4) is 0 Å². The quantitative estimate of drug-likeness (QED) is 0.265. The molecule has 2 aromatic heterocycles. The number of methoxy groups -OCH3 is 1. The van der Waals surface area contributed by atoms with E-state index < -0.39 is 12.0 Å². The third kappa shape index (κ3) is 5.22. The first-order chi connectivity index (χ1) is 18.9. The van der Waals surface area contributed by atoms with Crippen LogP contribution in [0.15, 0.2) is 86.1 Å². The Labute approximate surface area is 234 Å². The number of carbonyl (C=O) groups excluding carboxylic acids is 1. The monoisotopic (exact) mass is 562 g/mol. The molecule has 39 heavy (non-hydrogen) atoms. The summed E-state index contributed by atoms with van der Waals surface area (Å²) in [7, 11) is 1.57. The Morgan fingerprint density at radius 3 is 2.72 bits per heavy atom. The highest BCUT2D eigenvalue weighted by Crippen LogP contribution is 2.36. The predicted molar refractivity (Wildman–Crippen MR) is 152 cm³/mol. The molecule has 0 fully saturated rings. The van der Waals surface area contributed by atoms with Crippen LogP contribution in [0.1, 0.15) is 44.1 Å². The molecule has 1 atom stereocenters. The van der Waals surface area contributed by atoms with Gasteiger partial charge in [0.25, 0.3) is 5.56 Å². The molecule has 7 nitrogen and oxygen atoms in total. The number of furan rings is 1. The first kappa shape index (κ1) is 26.7. The van der Waals surface area contributed by atoms with Gasteiger partial charge in [0, 0.05) is 22.2 Å². The van der Waals surface area contributed by atoms with Crippen LogP contribution in [0.2, 0.25) is 5.02 Å². The largest absolute Gasteiger partial charge is 0.496 e. The number of thiazole rings is 1. The van der Waals surface area contributed by atoms with E-state index in [-0.39, 0.29) is 12.2 Å². The van der Waals surface area contributed by atoms with Crippen LogP contribution in [0.5, 0.6) is 5.75 Å². The van der Waals surface area contributed by atoms with Crippen LogP contribution in [-0.4, -0.2) is 24.3 Å². The lowest BCUT2D eigenvalue weighted by Crippen LogP contribution is -2.40. The number of carbonyl (C=O) groups is 1. The molecule has 2 aromatic carbocycles. The molecule has 0 aliphatic carbocycles. The van der Waals surface area contributed by atoms with Gasteiger partial charge in [-0.25, -0.2) is 9.79 Å². The Morgan fingerprint density at radius 1 is 1.15 bits per heavy atom. The average Bonchev–Trinajstić information content (AvgIpc) is 3.52. The number of hydrogen-bond acceptors (Lipinski definition) is 7. The van der Waals surface area contributed by atoms with E-state index in [4.69, 9.17) is 30.5 Å². The highest BCUT2D eigenvalue weighted by Gasteiger charge is 2.35. The number of ether oxygens (including phenoxy) is 2. The molecule has 9 heteroatoms. The molecule has 0 amide bonds. The molecule has 5 rings (SSSR count). The van der Waals surface area contributed by atoms with E-state index >= 15 is 0 Å². The number of aromatic nitrogens is 1. The number of esters is 1. The van der Waals surface area contributed by atoms with Gasteiger partial charge in [0.1, 0.15) is 23.3 Å². The Hall–Kier alpha value is -3.88. The van der Waals surface area contributed by atoms with Gasteiger partial charge in [0.15, 0.2) is 4.80 Å². The van der Waals surface area contributed by atoms with Crippen molar-refractivity contribution < 1.29 is 18.7 Å². The number of hydrogen-bond donors (Lipinski definition) is 0. The van der Waals surface area contributed by atoms with Crippen molar-refractivity contribution in [3.63, 3.8) is 0 Å². The first-order valence-corrected chi connectivity index (χ1v) is 13.8. The van der Waals surface area contributed by atoms with Crippen LogP contribution < -0.4 is 19.6 Å². The SMILES string of the molecule is CCCC1=C(C(=O)OCC)C(c2ccccc2OC)n2c(s/c(=C\c3ccc(-c4cccc(Cl)c4)o3)c2=O)=N1. The van der Waals surface area contributed by atoms with E-state index in [0.717, 1.165) is 12.0 Å². The van der Waals surface area contributed by atoms with Crippen molar-refractivity contribution in [3.05, 3.63) is 108 Å².